The average Bonchev–Trinajstić information content (AvgIpc) is 3.52. The predicted octanol–water partition coefficient (Wildman–Crippen LogP) is 4.74. The Hall–Kier alpha value is -3.67. The van der Waals surface area contributed by atoms with Crippen molar-refractivity contribution in [2.75, 3.05) is 5.32 Å². The van der Waals surface area contributed by atoms with Gasteiger partial charge in [-0.2, -0.15) is 0 Å². The molecule has 0 radical (unpaired) electrons. The third-order valence-corrected chi connectivity index (χ3v) is 4.93. The first-order valence-electron chi connectivity index (χ1n) is 9.69. The minimum atomic E-state index is -0.0869. The maximum atomic E-state index is 12.8. The molecule has 1 saturated carbocycles. The third kappa shape index (κ3) is 3.82. The number of ether oxygens (including phenoxy) is 1. The average molecular weight is 384 g/mol. The summed E-state index contributed by atoms with van der Waals surface area (Å²) in [5.74, 6) is 2.74. The van der Waals surface area contributed by atoms with Crippen LogP contribution in [0.4, 0.5) is 5.69 Å². The lowest BCUT2D eigenvalue weighted by atomic mass is 10.3. The van der Waals surface area contributed by atoms with Crippen LogP contribution in [-0.4, -0.2) is 20.4 Å². The molecule has 5 rings (SSSR count). The summed E-state index contributed by atoms with van der Waals surface area (Å²) >= 11 is 0. The Labute approximate surface area is 168 Å². The number of fused-ring (bicyclic) bond motifs is 1. The first-order valence-corrected chi connectivity index (χ1v) is 9.69. The van der Waals surface area contributed by atoms with E-state index in [1.807, 2.05) is 53.1 Å². The molecule has 0 spiro atoms. The summed E-state index contributed by atoms with van der Waals surface area (Å²) in [6.07, 6.45) is 5.63. The fourth-order valence-electron chi connectivity index (χ4n) is 3.44. The number of carbonyl (C=O) groups is 1. The molecular weight excluding hydrogens is 364 g/mol. The molecule has 1 fully saturated rings. The van der Waals surface area contributed by atoms with E-state index in [4.69, 9.17) is 9.72 Å². The van der Waals surface area contributed by atoms with Crippen molar-refractivity contribution in [1.82, 2.24) is 14.5 Å². The number of hydrogen-bond acceptors (Lipinski definition) is 4. The highest BCUT2D eigenvalue weighted by Crippen LogP contribution is 2.40. The van der Waals surface area contributed by atoms with Crippen molar-refractivity contribution in [3.05, 3.63) is 78.9 Å². The van der Waals surface area contributed by atoms with Gasteiger partial charge in [-0.3, -0.25) is 9.78 Å². The first-order chi connectivity index (χ1) is 14.3. The number of amides is 1. The quantitative estimate of drug-likeness (QED) is 0.521. The van der Waals surface area contributed by atoms with E-state index in [0.29, 0.717) is 23.1 Å². The molecule has 1 N–H and O–H groups in total. The molecule has 2 aromatic heterocycles. The van der Waals surface area contributed by atoms with Crippen molar-refractivity contribution in [2.24, 2.45) is 0 Å². The Morgan fingerprint density at radius 1 is 1.03 bits per heavy atom. The highest BCUT2D eigenvalue weighted by molar-refractivity contribution is 5.92. The van der Waals surface area contributed by atoms with Gasteiger partial charge in [-0.1, -0.05) is 18.2 Å². The van der Waals surface area contributed by atoms with Gasteiger partial charge in [0.1, 0.15) is 23.9 Å². The first kappa shape index (κ1) is 17.4. The van der Waals surface area contributed by atoms with Gasteiger partial charge < -0.3 is 14.6 Å². The molecule has 1 aliphatic carbocycles. The molecule has 29 heavy (non-hydrogen) atoms. The summed E-state index contributed by atoms with van der Waals surface area (Å²) < 4.78 is 7.86. The number of carbonyl (C=O) groups excluding carboxylic acids is 1. The number of para-hydroxylation sites is 2. The van der Waals surface area contributed by atoms with Crippen LogP contribution in [0.5, 0.6) is 11.5 Å². The lowest BCUT2D eigenvalue weighted by Gasteiger charge is -2.11. The zero-order valence-electron chi connectivity index (χ0n) is 15.8. The van der Waals surface area contributed by atoms with Crippen LogP contribution in [-0.2, 0) is 11.3 Å². The summed E-state index contributed by atoms with van der Waals surface area (Å²) in [6.45, 7) is 0.238. The SMILES string of the molecule is O=C(Cn1c(C2CC2)nc2ccccc21)Nc1cccc(Oc2ccncc2)c1. The summed E-state index contributed by atoms with van der Waals surface area (Å²) in [4.78, 5) is 21.5. The van der Waals surface area contributed by atoms with Gasteiger partial charge in [0.25, 0.3) is 0 Å². The molecule has 2 aromatic carbocycles. The van der Waals surface area contributed by atoms with E-state index >= 15 is 0 Å². The van der Waals surface area contributed by atoms with Crippen LogP contribution in [0, 0.1) is 0 Å². The monoisotopic (exact) mass is 384 g/mol. The minimum Gasteiger partial charge on any atom is -0.457 e. The van der Waals surface area contributed by atoms with Crippen molar-refractivity contribution < 1.29 is 9.53 Å². The highest BCUT2D eigenvalue weighted by atomic mass is 16.5. The lowest BCUT2D eigenvalue weighted by Crippen LogP contribution is -2.20. The van der Waals surface area contributed by atoms with Crippen LogP contribution in [0.2, 0.25) is 0 Å². The molecule has 4 aromatic rings. The molecular formula is C23H20N4O2. The van der Waals surface area contributed by atoms with E-state index in [2.05, 4.69) is 10.3 Å². The molecule has 6 nitrogen and oxygen atoms in total. The number of nitrogens with zero attached hydrogens (tertiary/aromatic N) is 3. The van der Waals surface area contributed by atoms with E-state index in [1.165, 1.54) is 0 Å². The fraction of sp³-hybridized carbons (Fsp3) is 0.174. The summed E-state index contributed by atoms with van der Waals surface area (Å²) in [7, 11) is 0. The topological polar surface area (TPSA) is 69.0 Å². The number of rotatable bonds is 6. The summed E-state index contributed by atoms with van der Waals surface area (Å²) in [5, 5.41) is 2.98. The van der Waals surface area contributed by atoms with Gasteiger partial charge in [0.2, 0.25) is 5.91 Å². The van der Waals surface area contributed by atoms with Crippen LogP contribution in [0.3, 0.4) is 0 Å². The zero-order chi connectivity index (χ0) is 19.6. The van der Waals surface area contributed by atoms with E-state index in [9.17, 15) is 4.79 Å². The van der Waals surface area contributed by atoms with Gasteiger partial charge in [0.05, 0.1) is 11.0 Å². The summed E-state index contributed by atoms with van der Waals surface area (Å²) in [5.41, 5.74) is 2.63. The lowest BCUT2D eigenvalue weighted by molar-refractivity contribution is -0.116. The van der Waals surface area contributed by atoms with Crippen LogP contribution in [0.1, 0.15) is 24.6 Å². The Morgan fingerprint density at radius 2 is 1.86 bits per heavy atom. The molecule has 0 unspecified atom stereocenters. The molecule has 6 heteroatoms. The smallest absolute Gasteiger partial charge is 0.244 e. The molecule has 2 heterocycles. The van der Waals surface area contributed by atoms with E-state index in [-0.39, 0.29) is 12.5 Å². The zero-order valence-corrected chi connectivity index (χ0v) is 15.8. The number of imidazole rings is 1. The van der Waals surface area contributed by atoms with Crippen molar-refractivity contribution in [3.8, 4) is 11.5 Å². The van der Waals surface area contributed by atoms with Crippen molar-refractivity contribution in [3.63, 3.8) is 0 Å². The maximum absolute atomic E-state index is 12.8. The molecule has 0 saturated heterocycles. The van der Waals surface area contributed by atoms with Gasteiger partial charge in [0, 0.05) is 30.1 Å². The fourth-order valence-corrected chi connectivity index (χ4v) is 3.44. The van der Waals surface area contributed by atoms with Gasteiger partial charge in [-0.05, 0) is 49.2 Å². The van der Waals surface area contributed by atoms with E-state index in [1.54, 1.807) is 24.5 Å². The number of hydrogen-bond donors (Lipinski definition) is 1. The van der Waals surface area contributed by atoms with Crippen LogP contribution in [0.15, 0.2) is 73.1 Å². The third-order valence-electron chi connectivity index (χ3n) is 4.93. The number of pyridine rings is 1. The van der Waals surface area contributed by atoms with Gasteiger partial charge in [0.15, 0.2) is 0 Å². The number of anilines is 1. The second kappa shape index (κ2) is 7.39. The van der Waals surface area contributed by atoms with Gasteiger partial charge >= 0.3 is 0 Å². The van der Waals surface area contributed by atoms with E-state index in [0.717, 1.165) is 29.7 Å². The maximum Gasteiger partial charge on any atom is 0.244 e. The van der Waals surface area contributed by atoms with Crippen LogP contribution >= 0.6 is 0 Å². The Morgan fingerprint density at radius 3 is 2.69 bits per heavy atom. The van der Waals surface area contributed by atoms with Crippen molar-refractivity contribution in [1.29, 1.82) is 0 Å². The van der Waals surface area contributed by atoms with Crippen LogP contribution in [0.25, 0.3) is 11.0 Å². The minimum absolute atomic E-state index is 0.0869. The molecule has 0 atom stereocenters. The van der Waals surface area contributed by atoms with Gasteiger partial charge in [-0.25, -0.2) is 4.98 Å². The molecule has 1 amide bonds. The molecule has 0 aliphatic heterocycles. The normalized spacial score (nSPS) is 13.4. The number of aromatic nitrogens is 3. The molecule has 144 valence electrons. The molecule has 0 bridgehead atoms. The molecule has 1 aliphatic rings. The standard InChI is InChI=1S/C23H20N4O2/c28-22(15-27-21-7-2-1-6-20(21)26-23(27)16-8-9-16)25-17-4-3-5-19(14-17)29-18-10-12-24-13-11-18/h1-7,10-14,16H,8-9,15H2,(H,25,28). The number of nitrogens with one attached hydrogen (secondary N) is 1. The summed E-state index contributed by atoms with van der Waals surface area (Å²) in [6, 6.07) is 18.9. The van der Waals surface area contributed by atoms with Crippen molar-refractivity contribution >= 4 is 22.6 Å². The second-order valence-electron chi connectivity index (χ2n) is 7.18. The van der Waals surface area contributed by atoms with Gasteiger partial charge in [-0.15, -0.1) is 0 Å². The van der Waals surface area contributed by atoms with Crippen molar-refractivity contribution in [2.45, 2.75) is 25.3 Å². The van der Waals surface area contributed by atoms with Crippen LogP contribution < -0.4 is 10.1 Å². The van der Waals surface area contributed by atoms with E-state index < -0.39 is 0 Å². The Balaban J connectivity index is 1.33. The Bertz CT molecular complexity index is 1170. The largest absolute Gasteiger partial charge is 0.457 e. The number of benzene rings is 2. The highest BCUT2D eigenvalue weighted by Gasteiger charge is 2.30. The Kier molecular flexibility index (Phi) is 4.44. The predicted molar refractivity (Wildman–Crippen MR) is 111 cm³/mol. The second-order valence-corrected chi connectivity index (χ2v) is 7.18.